The van der Waals surface area contributed by atoms with Crippen molar-refractivity contribution in [3.63, 3.8) is 0 Å². The molecule has 0 spiro atoms. The van der Waals surface area contributed by atoms with E-state index in [0.717, 1.165) is 16.0 Å². The first-order valence-corrected chi connectivity index (χ1v) is 10.6. The lowest BCUT2D eigenvalue weighted by molar-refractivity contribution is -0.119. The molecule has 0 aliphatic rings. The first-order chi connectivity index (χ1) is 14.3. The molecule has 2 aromatic heterocycles. The van der Waals surface area contributed by atoms with E-state index in [1.165, 1.54) is 22.2 Å². The van der Waals surface area contributed by atoms with E-state index in [9.17, 15) is 9.59 Å². The molecule has 30 heavy (non-hydrogen) atoms. The number of amides is 1. The third-order valence-electron chi connectivity index (χ3n) is 4.78. The second-order valence-corrected chi connectivity index (χ2v) is 8.30. The molecule has 1 aromatic carbocycles. The number of anilines is 1. The number of carbonyl (C=O) groups is 1. The van der Waals surface area contributed by atoms with E-state index in [1.54, 1.807) is 18.7 Å². The molecule has 0 unspecified atom stereocenters. The van der Waals surface area contributed by atoms with E-state index < -0.39 is 0 Å². The van der Waals surface area contributed by atoms with Crippen LogP contribution in [0.4, 0.5) is 5.13 Å². The van der Waals surface area contributed by atoms with Crippen LogP contribution in [-0.2, 0) is 11.3 Å². The van der Waals surface area contributed by atoms with Gasteiger partial charge in [0.05, 0.1) is 23.2 Å². The van der Waals surface area contributed by atoms with Crippen molar-refractivity contribution >= 4 is 32.6 Å². The van der Waals surface area contributed by atoms with Gasteiger partial charge in [-0.15, -0.1) is 0 Å². The second kappa shape index (κ2) is 9.36. The minimum atomic E-state index is -0.201. The van der Waals surface area contributed by atoms with Crippen molar-refractivity contribution in [3.8, 4) is 5.75 Å². The molecule has 0 fully saturated rings. The maximum Gasteiger partial charge on any atom is 0.256 e. The zero-order valence-electron chi connectivity index (χ0n) is 18.0. The normalized spacial score (nSPS) is 11.3. The fourth-order valence-electron chi connectivity index (χ4n) is 2.91. The van der Waals surface area contributed by atoms with Gasteiger partial charge in [-0.1, -0.05) is 11.3 Å². The molecular formula is C21H27N5O3S. The summed E-state index contributed by atoms with van der Waals surface area (Å²) in [5.41, 5.74) is 1.83. The van der Waals surface area contributed by atoms with Crippen molar-refractivity contribution < 1.29 is 9.53 Å². The third-order valence-corrected chi connectivity index (χ3v) is 5.82. The lowest BCUT2D eigenvalue weighted by atomic mass is 10.3. The van der Waals surface area contributed by atoms with Crippen molar-refractivity contribution in [3.05, 3.63) is 46.1 Å². The summed E-state index contributed by atoms with van der Waals surface area (Å²) >= 11 is 1.44. The van der Waals surface area contributed by atoms with Gasteiger partial charge in [0.2, 0.25) is 5.91 Å². The van der Waals surface area contributed by atoms with Crippen molar-refractivity contribution in [1.29, 1.82) is 0 Å². The fraction of sp³-hybridized carbons (Fsp3) is 0.429. The van der Waals surface area contributed by atoms with Gasteiger partial charge in [0.15, 0.2) is 5.13 Å². The molecular weight excluding hydrogens is 402 g/mol. The Balaban J connectivity index is 1.92. The Morgan fingerprint density at radius 1 is 1.23 bits per heavy atom. The molecule has 1 amide bonds. The average molecular weight is 430 g/mol. The number of likely N-dealkylation sites (N-methyl/N-ethyl adjacent to an activating group) is 1. The van der Waals surface area contributed by atoms with E-state index in [4.69, 9.17) is 4.74 Å². The van der Waals surface area contributed by atoms with Crippen LogP contribution in [-0.4, -0.2) is 59.1 Å². The Morgan fingerprint density at radius 2 is 2.00 bits per heavy atom. The van der Waals surface area contributed by atoms with Gasteiger partial charge in [-0.05, 0) is 53.1 Å². The van der Waals surface area contributed by atoms with E-state index in [0.29, 0.717) is 36.1 Å². The van der Waals surface area contributed by atoms with Crippen molar-refractivity contribution in [2.75, 3.05) is 38.7 Å². The van der Waals surface area contributed by atoms with Crippen LogP contribution in [0.1, 0.15) is 18.2 Å². The molecule has 0 bridgehead atoms. The molecule has 0 atom stereocenters. The fourth-order valence-corrected chi connectivity index (χ4v) is 3.95. The highest BCUT2D eigenvalue weighted by Crippen LogP contribution is 2.31. The molecule has 9 heteroatoms. The number of ether oxygens (including phenoxy) is 1. The van der Waals surface area contributed by atoms with Crippen molar-refractivity contribution in [2.45, 2.75) is 27.3 Å². The monoisotopic (exact) mass is 429 g/mol. The number of hydrogen-bond donors (Lipinski definition) is 0. The number of nitrogens with zero attached hydrogens (tertiary/aromatic N) is 5. The number of aromatic nitrogens is 3. The topological polar surface area (TPSA) is 80.6 Å². The molecule has 0 radical (unpaired) electrons. The summed E-state index contributed by atoms with van der Waals surface area (Å²) in [5.74, 6) is 0.576. The van der Waals surface area contributed by atoms with Gasteiger partial charge in [0, 0.05) is 24.3 Å². The summed E-state index contributed by atoms with van der Waals surface area (Å²) in [7, 11) is 3.90. The van der Waals surface area contributed by atoms with Crippen LogP contribution in [0.2, 0.25) is 0 Å². The van der Waals surface area contributed by atoms with Gasteiger partial charge < -0.3 is 9.64 Å². The lowest BCUT2D eigenvalue weighted by Gasteiger charge is -2.22. The molecule has 160 valence electrons. The number of hydrogen-bond acceptors (Lipinski definition) is 7. The summed E-state index contributed by atoms with van der Waals surface area (Å²) in [6.45, 7) is 7.09. The lowest BCUT2D eigenvalue weighted by Crippen LogP contribution is -2.40. The van der Waals surface area contributed by atoms with Gasteiger partial charge in [-0.25, -0.2) is 9.97 Å². The summed E-state index contributed by atoms with van der Waals surface area (Å²) in [6.07, 6.45) is 1.43. The Morgan fingerprint density at radius 3 is 2.70 bits per heavy atom. The molecule has 2 heterocycles. The van der Waals surface area contributed by atoms with E-state index in [2.05, 4.69) is 9.97 Å². The zero-order chi connectivity index (χ0) is 21.8. The van der Waals surface area contributed by atoms with Crippen LogP contribution >= 0.6 is 11.3 Å². The quantitative estimate of drug-likeness (QED) is 0.547. The highest BCUT2D eigenvalue weighted by atomic mass is 32.1. The highest BCUT2D eigenvalue weighted by Gasteiger charge is 2.21. The van der Waals surface area contributed by atoms with Crippen LogP contribution in [0.5, 0.6) is 5.75 Å². The Labute approximate surface area is 179 Å². The number of aryl methyl sites for hydroxylation is 1. The molecule has 0 aliphatic heterocycles. The van der Waals surface area contributed by atoms with Crippen LogP contribution in [0.3, 0.4) is 0 Å². The zero-order valence-corrected chi connectivity index (χ0v) is 18.8. The smallest absolute Gasteiger partial charge is 0.256 e. The van der Waals surface area contributed by atoms with Gasteiger partial charge in [0.25, 0.3) is 5.56 Å². The summed E-state index contributed by atoms with van der Waals surface area (Å²) in [4.78, 5) is 38.2. The summed E-state index contributed by atoms with van der Waals surface area (Å²) in [6, 6.07) is 5.71. The van der Waals surface area contributed by atoms with Gasteiger partial charge in [0.1, 0.15) is 12.3 Å². The van der Waals surface area contributed by atoms with Crippen LogP contribution in [0.25, 0.3) is 10.2 Å². The van der Waals surface area contributed by atoms with Crippen molar-refractivity contribution in [1.82, 2.24) is 19.4 Å². The van der Waals surface area contributed by atoms with Gasteiger partial charge in [-0.3, -0.25) is 19.1 Å². The summed E-state index contributed by atoms with van der Waals surface area (Å²) in [5, 5.41) is 0.607. The molecule has 0 aliphatic carbocycles. The van der Waals surface area contributed by atoms with E-state index in [-0.39, 0.29) is 18.0 Å². The standard InChI is InChI=1S/C21H27N5O3S/c1-6-29-16-7-8-17-18(11-16)30-21(23-17)26(10-9-24(4)5)19(27)12-25-13-22-15(3)14(2)20(25)28/h7-8,11,13H,6,9-10,12H2,1-5H3. The second-order valence-electron chi connectivity index (χ2n) is 7.30. The average Bonchev–Trinajstić information content (AvgIpc) is 3.11. The highest BCUT2D eigenvalue weighted by molar-refractivity contribution is 7.22. The predicted molar refractivity (Wildman–Crippen MR) is 120 cm³/mol. The first-order valence-electron chi connectivity index (χ1n) is 9.81. The molecule has 8 nitrogen and oxygen atoms in total. The number of fused-ring (bicyclic) bond motifs is 1. The Hall–Kier alpha value is -2.78. The molecule has 0 saturated heterocycles. The predicted octanol–water partition coefficient (Wildman–Crippen LogP) is 2.46. The van der Waals surface area contributed by atoms with E-state index >= 15 is 0 Å². The maximum absolute atomic E-state index is 13.2. The SMILES string of the molecule is CCOc1ccc2nc(N(CCN(C)C)C(=O)Cn3cnc(C)c(C)c3=O)sc2c1. The molecule has 0 N–H and O–H groups in total. The van der Waals surface area contributed by atoms with Crippen LogP contribution in [0, 0.1) is 13.8 Å². The van der Waals surface area contributed by atoms with Crippen LogP contribution < -0.4 is 15.2 Å². The number of thiazole rings is 1. The Bertz CT molecular complexity index is 1110. The number of carbonyl (C=O) groups excluding carboxylic acids is 1. The third kappa shape index (κ3) is 4.85. The first kappa shape index (κ1) is 21.9. The largest absolute Gasteiger partial charge is 0.494 e. The minimum Gasteiger partial charge on any atom is -0.494 e. The molecule has 3 rings (SSSR count). The minimum absolute atomic E-state index is 0.0828. The number of rotatable bonds is 8. The molecule has 3 aromatic rings. The van der Waals surface area contributed by atoms with E-state index in [1.807, 2.05) is 44.1 Å². The molecule has 0 saturated carbocycles. The maximum atomic E-state index is 13.2. The van der Waals surface area contributed by atoms with Gasteiger partial charge in [-0.2, -0.15) is 0 Å². The van der Waals surface area contributed by atoms with Crippen LogP contribution in [0.15, 0.2) is 29.3 Å². The Kier molecular flexibility index (Phi) is 6.84. The van der Waals surface area contributed by atoms with Gasteiger partial charge >= 0.3 is 0 Å². The van der Waals surface area contributed by atoms with Crippen molar-refractivity contribution in [2.24, 2.45) is 0 Å². The summed E-state index contributed by atoms with van der Waals surface area (Å²) < 4.78 is 7.87. The number of benzene rings is 1.